The number of halogens is 3. The number of aromatic carboxylic acids is 1. The molecule has 0 aromatic heterocycles. The van der Waals surface area contributed by atoms with Crippen LogP contribution in [-0.2, 0) is 16.4 Å². The van der Waals surface area contributed by atoms with Crippen LogP contribution in [0.15, 0.2) is 45.8 Å². The van der Waals surface area contributed by atoms with Crippen LogP contribution in [0.3, 0.4) is 0 Å². The van der Waals surface area contributed by atoms with Gasteiger partial charge in [-0.1, -0.05) is 51.3 Å². The molecular weight excluding hydrogens is 503 g/mol. The molecule has 1 fully saturated rings. The first kappa shape index (κ1) is 22.5. The molecule has 1 N–H and O–H groups in total. The van der Waals surface area contributed by atoms with Gasteiger partial charge in [0, 0.05) is 37.2 Å². The fourth-order valence-corrected chi connectivity index (χ4v) is 6.30. The van der Waals surface area contributed by atoms with Crippen molar-refractivity contribution in [3.8, 4) is 0 Å². The lowest BCUT2D eigenvalue weighted by molar-refractivity contribution is 0.0696. The summed E-state index contributed by atoms with van der Waals surface area (Å²) in [5.41, 5.74) is 1.24. The summed E-state index contributed by atoms with van der Waals surface area (Å²) in [5, 5.41) is 9.28. The first-order chi connectivity index (χ1) is 13.7. The molecule has 3 rings (SSSR count). The summed E-state index contributed by atoms with van der Waals surface area (Å²) in [6, 6.07) is 9.63. The van der Waals surface area contributed by atoms with Gasteiger partial charge in [-0.05, 0) is 36.2 Å². The van der Waals surface area contributed by atoms with Crippen LogP contribution >= 0.6 is 39.1 Å². The Bertz CT molecular complexity index is 1000. The van der Waals surface area contributed by atoms with Gasteiger partial charge in [-0.25, -0.2) is 13.2 Å². The van der Waals surface area contributed by atoms with Gasteiger partial charge in [-0.2, -0.15) is 4.31 Å². The quantitative estimate of drug-likeness (QED) is 0.621. The zero-order valence-corrected chi connectivity index (χ0v) is 19.2. The number of hydrogen-bond acceptors (Lipinski definition) is 4. The smallest absolute Gasteiger partial charge is 0.335 e. The van der Waals surface area contributed by atoms with Crippen LogP contribution in [0.4, 0.5) is 0 Å². The van der Waals surface area contributed by atoms with Gasteiger partial charge in [0.25, 0.3) is 0 Å². The molecule has 0 atom stereocenters. The highest BCUT2D eigenvalue weighted by atomic mass is 79.9. The Hall–Kier alpha value is -1.16. The van der Waals surface area contributed by atoms with Crippen LogP contribution in [0, 0.1) is 0 Å². The van der Waals surface area contributed by atoms with Crippen molar-refractivity contribution in [3.63, 3.8) is 0 Å². The molecule has 6 nitrogen and oxygen atoms in total. The molecule has 0 unspecified atom stereocenters. The largest absolute Gasteiger partial charge is 0.478 e. The van der Waals surface area contributed by atoms with E-state index >= 15 is 0 Å². The van der Waals surface area contributed by atoms with Gasteiger partial charge in [0.1, 0.15) is 4.90 Å². The van der Waals surface area contributed by atoms with Crippen LogP contribution in [0.2, 0.25) is 10.0 Å². The molecule has 0 radical (unpaired) electrons. The van der Waals surface area contributed by atoms with E-state index in [1.54, 1.807) is 24.3 Å². The van der Waals surface area contributed by atoms with E-state index in [1.807, 2.05) is 0 Å². The van der Waals surface area contributed by atoms with E-state index in [-0.39, 0.29) is 20.5 Å². The van der Waals surface area contributed by atoms with Crippen molar-refractivity contribution in [3.05, 3.63) is 62.0 Å². The van der Waals surface area contributed by atoms with Crippen molar-refractivity contribution in [1.29, 1.82) is 0 Å². The highest BCUT2D eigenvalue weighted by molar-refractivity contribution is 9.10. The Morgan fingerprint density at radius 3 is 2.24 bits per heavy atom. The molecular formula is C19H19BrCl2N2O4S. The predicted octanol–water partition coefficient (Wildman–Crippen LogP) is 4.00. The van der Waals surface area contributed by atoms with Gasteiger partial charge < -0.3 is 10.0 Å². The number of carboxylic acid groups (broad SMARTS) is 1. The lowest BCUT2D eigenvalue weighted by atomic mass is 10.1. The summed E-state index contributed by atoms with van der Waals surface area (Å²) in [6.07, 6.45) is 0.726. The molecule has 0 aliphatic carbocycles. The molecule has 10 heteroatoms. The SMILES string of the molecule is O=C(O)c1ccc(CCN2CCN(S(=O)(=O)c3c(Cl)cccc3Cl)CC2)c(Br)c1. The number of carboxylic acids is 1. The maximum absolute atomic E-state index is 12.9. The van der Waals surface area contributed by atoms with Gasteiger partial charge in [0.2, 0.25) is 10.0 Å². The summed E-state index contributed by atoms with van der Waals surface area (Å²) in [6.45, 7) is 2.62. The van der Waals surface area contributed by atoms with Crippen molar-refractivity contribution >= 4 is 55.1 Å². The molecule has 0 spiro atoms. The second-order valence-corrected chi connectivity index (χ2v) is 10.2. The van der Waals surface area contributed by atoms with Crippen LogP contribution in [-0.4, -0.2) is 61.4 Å². The Balaban J connectivity index is 1.60. The zero-order valence-electron chi connectivity index (χ0n) is 15.3. The summed E-state index contributed by atoms with van der Waals surface area (Å²) >= 11 is 15.6. The van der Waals surface area contributed by atoms with Gasteiger partial charge in [-0.15, -0.1) is 0 Å². The standard InChI is InChI=1S/C19H19BrCl2N2O4S/c20-15-12-14(19(25)26)5-4-13(15)6-7-23-8-10-24(11-9-23)29(27,28)18-16(21)2-1-3-17(18)22/h1-5,12H,6-11H2,(H,25,26). The van der Waals surface area contributed by atoms with Crippen molar-refractivity contribution in [1.82, 2.24) is 9.21 Å². The number of hydrogen-bond donors (Lipinski definition) is 1. The summed E-state index contributed by atoms with van der Waals surface area (Å²) in [4.78, 5) is 13.2. The first-order valence-electron chi connectivity index (χ1n) is 8.88. The number of carbonyl (C=O) groups is 1. The maximum Gasteiger partial charge on any atom is 0.335 e. The molecule has 1 aliphatic heterocycles. The number of nitrogens with zero attached hydrogens (tertiary/aromatic N) is 2. The molecule has 2 aromatic rings. The predicted molar refractivity (Wildman–Crippen MR) is 116 cm³/mol. The average Bonchev–Trinajstić information content (AvgIpc) is 2.67. The molecule has 1 aliphatic rings. The third kappa shape index (κ3) is 5.13. The van der Waals surface area contributed by atoms with Crippen molar-refractivity contribution in [2.45, 2.75) is 11.3 Å². The van der Waals surface area contributed by atoms with E-state index in [4.69, 9.17) is 28.3 Å². The van der Waals surface area contributed by atoms with Crippen molar-refractivity contribution < 1.29 is 18.3 Å². The average molecular weight is 522 g/mol. The molecule has 1 heterocycles. The Morgan fingerprint density at radius 1 is 1.07 bits per heavy atom. The fourth-order valence-electron chi connectivity index (χ4n) is 3.21. The second kappa shape index (κ2) is 9.32. The van der Waals surface area contributed by atoms with Crippen molar-refractivity contribution in [2.24, 2.45) is 0 Å². The number of sulfonamides is 1. The van der Waals surface area contributed by atoms with Gasteiger partial charge >= 0.3 is 5.97 Å². The minimum Gasteiger partial charge on any atom is -0.478 e. The van der Waals surface area contributed by atoms with Gasteiger partial charge in [0.05, 0.1) is 15.6 Å². The van der Waals surface area contributed by atoms with Crippen LogP contribution in [0.25, 0.3) is 0 Å². The molecule has 0 amide bonds. The molecule has 1 saturated heterocycles. The Morgan fingerprint density at radius 2 is 1.69 bits per heavy atom. The lowest BCUT2D eigenvalue weighted by Crippen LogP contribution is -2.49. The summed E-state index contributed by atoms with van der Waals surface area (Å²) < 4.78 is 28.0. The third-order valence-corrected chi connectivity index (χ3v) is 8.44. The van der Waals surface area contributed by atoms with Crippen LogP contribution in [0.5, 0.6) is 0 Å². The van der Waals surface area contributed by atoms with Crippen molar-refractivity contribution in [2.75, 3.05) is 32.7 Å². The fraction of sp³-hybridized carbons (Fsp3) is 0.316. The van der Waals surface area contributed by atoms with E-state index in [2.05, 4.69) is 20.8 Å². The minimum atomic E-state index is -3.75. The number of piperazine rings is 1. The highest BCUT2D eigenvalue weighted by Gasteiger charge is 2.31. The molecule has 29 heavy (non-hydrogen) atoms. The first-order valence-corrected chi connectivity index (χ1v) is 11.9. The molecule has 0 bridgehead atoms. The zero-order chi connectivity index (χ0) is 21.2. The summed E-state index contributed by atoms with van der Waals surface area (Å²) in [7, 11) is -3.75. The Kier molecular flexibility index (Phi) is 7.24. The van der Waals surface area contributed by atoms with E-state index in [0.29, 0.717) is 26.2 Å². The molecule has 2 aromatic carbocycles. The number of benzene rings is 2. The minimum absolute atomic E-state index is 0.0424. The second-order valence-electron chi connectivity index (χ2n) is 6.66. The van der Waals surface area contributed by atoms with Gasteiger partial charge in [0.15, 0.2) is 0 Å². The topological polar surface area (TPSA) is 77.9 Å². The van der Waals surface area contributed by atoms with E-state index in [9.17, 15) is 13.2 Å². The molecule has 0 saturated carbocycles. The monoisotopic (exact) mass is 520 g/mol. The normalized spacial score (nSPS) is 16.1. The van der Waals surface area contributed by atoms with Crippen LogP contribution < -0.4 is 0 Å². The van der Waals surface area contributed by atoms with Crippen LogP contribution in [0.1, 0.15) is 15.9 Å². The molecule has 156 valence electrons. The van der Waals surface area contributed by atoms with E-state index in [0.717, 1.165) is 23.0 Å². The summed E-state index contributed by atoms with van der Waals surface area (Å²) in [5.74, 6) is -0.965. The number of rotatable bonds is 6. The third-order valence-electron chi connectivity index (χ3n) is 4.85. The highest BCUT2D eigenvalue weighted by Crippen LogP contribution is 2.32. The van der Waals surface area contributed by atoms with E-state index in [1.165, 1.54) is 16.4 Å². The lowest BCUT2D eigenvalue weighted by Gasteiger charge is -2.34. The van der Waals surface area contributed by atoms with E-state index < -0.39 is 16.0 Å². The van der Waals surface area contributed by atoms with Gasteiger partial charge in [-0.3, -0.25) is 0 Å². The Labute approximate surface area is 188 Å². The maximum atomic E-state index is 12.9.